The van der Waals surface area contributed by atoms with Crippen molar-refractivity contribution in [3.63, 3.8) is 0 Å². The Morgan fingerprint density at radius 2 is 1.95 bits per heavy atom. The van der Waals surface area contributed by atoms with E-state index in [0.29, 0.717) is 11.3 Å². The molecule has 0 aliphatic carbocycles. The summed E-state index contributed by atoms with van der Waals surface area (Å²) < 4.78 is 5.96. The molecule has 0 aliphatic rings. The number of para-hydroxylation sites is 1. The first-order valence-electron chi connectivity index (χ1n) is 6.50. The zero-order valence-corrected chi connectivity index (χ0v) is 11.6. The molecule has 0 spiro atoms. The molecule has 0 radical (unpaired) electrons. The molecular formula is C16H18N2O2. The summed E-state index contributed by atoms with van der Waals surface area (Å²) in [6, 6.07) is 13.4. The fourth-order valence-corrected chi connectivity index (χ4v) is 1.99. The van der Waals surface area contributed by atoms with Crippen LogP contribution in [0.1, 0.15) is 23.6 Å². The highest BCUT2D eigenvalue weighted by Gasteiger charge is 2.11. The number of oxime groups is 1. The highest BCUT2D eigenvalue weighted by Crippen LogP contribution is 2.29. The average molecular weight is 270 g/mol. The van der Waals surface area contributed by atoms with Gasteiger partial charge in [-0.2, -0.15) is 0 Å². The van der Waals surface area contributed by atoms with Gasteiger partial charge >= 0.3 is 0 Å². The molecule has 2 aromatic carbocycles. The zero-order valence-electron chi connectivity index (χ0n) is 11.6. The van der Waals surface area contributed by atoms with Crippen molar-refractivity contribution in [3.05, 3.63) is 59.2 Å². The second-order valence-corrected chi connectivity index (χ2v) is 4.55. The quantitative estimate of drug-likeness (QED) is 0.387. The molecule has 0 unspecified atom stereocenters. The smallest absolute Gasteiger partial charge is 0.173 e. The number of nitrogens with zero attached hydrogens (tertiary/aromatic N) is 1. The van der Waals surface area contributed by atoms with Gasteiger partial charge in [0.2, 0.25) is 0 Å². The van der Waals surface area contributed by atoms with E-state index in [-0.39, 0.29) is 5.84 Å². The molecular weight excluding hydrogens is 252 g/mol. The van der Waals surface area contributed by atoms with Gasteiger partial charge in [0, 0.05) is 0 Å². The lowest BCUT2D eigenvalue weighted by Crippen LogP contribution is -2.14. The Labute approximate surface area is 118 Å². The van der Waals surface area contributed by atoms with Gasteiger partial charge in [-0.25, -0.2) is 0 Å². The summed E-state index contributed by atoms with van der Waals surface area (Å²) in [5.74, 6) is 1.41. The number of benzene rings is 2. The molecule has 0 saturated carbocycles. The lowest BCUT2D eigenvalue weighted by Gasteiger charge is -2.13. The van der Waals surface area contributed by atoms with Crippen molar-refractivity contribution in [2.75, 3.05) is 0 Å². The van der Waals surface area contributed by atoms with Gasteiger partial charge in [0.1, 0.15) is 11.5 Å². The van der Waals surface area contributed by atoms with Gasteiger partial charge in [0.15, 0.2) is 5.84 Å². The third kappa shape index (κ3) is 2.91. The Morgan fingerprint density at radius 3 is 2.65 bits per heavy atom. The van der Waals surface area contributed by atoms with Crippen molar-refractivity contribution in [2.45, 2.75) is 20.3 Å². The van der Waals surface area contributed by atoms with Crippen LogP contribution in [0.15, 0.2) is 47.6 Å². The Morgan fingerprint density at radius 1 is 1.20 bits per heavy atom. The SMILES string of the molecule is CCc1ccccc1Oc1cc(C)ccc1C(N)=NO. The Balaban J connectivity index is 2.45. The van der Waals surface area contributed by atoms with Crippen LogP contribution in [0.4, 0.5) is 0 Å². The number of nitrogens with two attached hydrogens (primary N) is 1. The zero-order chi connectivity index (χ0) is 14.5. The van der Waals surface area contributed by atoms with Crippen LogP contribution in [0.5, 0.6) is 11.5 Å². The molecule has 4 heteroatoms. The molecule has 4 nitrogen and oxygen atoms in total. The van der Waals surface area contributed by atoms with Crippen molar-refractivity contribution in [2.24, 2.45) is 10.9 Å². The van der Waals surface area contributed by atoms with Crippen LogP contribution in [-0.4, -0.2) is 11.0 Å². The fourth-order valence-electron chi connectivity index (χ4n) is 1.99. The van der Waals surface area contributed by atoms with Crippen molar-refractivity contribution in [1.29, 1.82) is 0 Å². The number of amidine groups is 1. The first-order valence-corrected chi connectivity index (χ1v) is 6.50. The number of rotatable bonds is 4. The van der Waals surface area contributed by atoms with Gasteiger partial charge in [-0.1, -0.05) is 36.3 Å². The molecule has 0 atom stereocenters. The van der Waals surface area contributed by atoms with Gasteiger partial charge in [-0.15, -0.1) is 0 Å². The van der Waals surface area contributed by atoms with Crippen LogP contribution >= 0.6 is 0 Å². The maximum Gasteiger partial charge on any atom is 0.173 e. The third-order valence-corrected chi connectivity index (χ3v) is 3.09. The monoisotopic (exact) mass is 270 g/mol. The van der Waals surface area contributed by atoms with Gasteiger partial charge in [-0.05, 0) is 42.7 Å². The molecule has 0 fully saturated rings. The summed E-state index contributed by atoms with van der Waals surface area (Å²) in [6.45, 7) is 4.04. The Kier molecular flexibility index (Phi) is 4.25. The number of aryl methyl sites for hydroxylation is 2. The van der Waals surface area contributed by atoms with E-state index in [4.69, 9.17) is 15.7 Å². The minimum atomic E-state index is 0.0361. The maximum absolute atomic E-state index is 8.86. The van der Waals surface area contributed by atoms with Crippen LogP contribution in [0, 0.1) is 6.92 Å². The van der Waals surface area contributed by atoms with E-state index in [9.17, 15) is 0 Å². The first kappa shape index (κ1) is 13.9. The maximum atomic E-state index is 8.86. The molecule has 0 aliphatic heterocycles. The summed E-state index contributed by atoms with van der Waals surface area (Å²) in [4.78, 5) is 0. The summed E-state index contributed by atoms with van der Waals surface area (Å²) in [5, 5.41) is 11.9. The predicted molar refractivity (Wildman–Crippen MR) is 79.6 cm³/mol. The second kappa shape index (κ2) is 6.10. The summed E-state index contributed by atoms with van der Waals surface area (Å²) in [5.41, 5.74) is 8.42. The molecule has 0 bridgehead atoms. The van der Waals surface area contributed by atoms with Crippen LogP contribution in [0.3, 0.4) is 0 Å². The van der Waals surface area contributed by atoms with E-state index in [1.807, 2.05) is 43.3 Å². The van der Waals surface area contributed by atoms with E-state index in [1.165, 1.54) is 0 Å². The van der Waals surface area contributed by atoms with E-state index in [1.54, 1.807) is 6.07 Å². The highest BCUT2D eigenvalue weighted by molar-refractivity contribution is 5.99. The van der Waals surface area contributed by atoms with Crippen molar-refractivity contribution in [1.82, 2.24) is 0 Å². The molecule has 0 amide bonds. The summed E-state index contributed by atoms with van der Waals surface area (Å²) in [6.07, 6.45) is 0.876. The topological polar surface area (TPSA) is 67.8 Å². The first-order chi connectivity index (χ1) is 9.65. The molecule has 2 rings (SSSR count). The summed E-state index contributed by atoms with van der Waals surface area (Å²) in [7, 11) is 0. The molecule has 0 heterocycles. The summed E-state index contributed by atoms with van der Waals surface area (Å²) >= 11 is 0. The standard InChI is InChI=1S/C16H18N2O2/c1-3-12-6-4-5-7-14(12)20-15-10-11(2)8-9-13(15)16(17)18-19/h4-10,19H,3H2,1-2H3,(H2,17,18). The lowest BCUT2D eigenvalue weighted by atomic mass is 10.1. The lowest BCUT2D eigenvalue weighted by molar-refractivity contribution is 0.318. The molecule has 20 heavy (non-hydrogen) atoms. The van der Waals surface area contributed by atoms with Crippen LogP contribution < -0.4 is 10.5 Å². The van der Waals surface area contributed by atoms with Gasteiger partial charge in [0.05, 0.1) is 5.56 Å². The normalized spacial score (nSPS) is 11.4. The third-order valence-electron chi connectivity index (χ3n) is 3.09. The van der Waals surface area contributed by atoms with Crippen molar-refractivity contribution < 1.29 is 9.94 Å². The van der Waals surface area contributed by atoms with E-state index in [0.717, 1.165) is 23.3 Å². The van der Waals surface area contributed by atoms with E-state index < -0.39 is 0 Å². The molecule has 0 aromatic heterocycles. The minimum absolute atomic E-state index is 0.0361. The Bertz CT molecular complexity index is 636. The molecule has 0 saturated heterocycles. The van der Waals surface area contributed by atoms with Crippen LogP contribution in [0.2, 0.25) is 0 Å². The fraction of sp³-hybridized carbons (Fsp3) is 0.188. The molecule has 2 aromatic rings. The average Bonchev–Trinajstić information content (AvgIpc) is 2.47. The predicted octanol–water partition coefficient (Wildman–Crippen LogP) is 3.44. The largest absolute Gasteiger partial charge is 0.456 e. The van der Waals surface area contributed by atoms with Gasteiger partial charge in [0.25, 0.3) is 0 Å². The molecule has 104 valence electrons. The highest BCUT2D eigenvalue weighted by atomic mass is 16.5. The molecule has 3 N–H and O–H groups in total. The minimum Gasteiger partial charge on any atom is -0.456 e. The van der Waals surface area contributed by atoms with Crippen molar-refractivity contribution in [3.8, 4) is 11.5 Å². The van der Waals surface area contributed by atoms with Gasteiger partial charge in [-0.3, -0.25) is 0 Å². The van der Waals surface area contributed by atoms with Gasteiger partial charge < -0.3 is 15.7 Å². The number of hydrogen-bond acceptors (Lipinski definition) is 3. The Hall–Kier alpha value is -2.49. The van der Waals surface area contributed by atoms with Crippen LogP contribution in [0.25, 0.3) is 0 Å². The van der Waals surface area contributed by atoms with Crippen molar-refractivity contribution >= 4 is 5.84 Å². The number of ether oxygens (including phenoxy) is 1. The van der Waals surface area contributed by atoms with E-state index in [2.05, 4.69) is 12.1 Å². The van der Waals surface area contributed by atoms with Crippen LogP contribution in [-0.2, 0) is 6.42 Å². The second-order valence-electron chi connectivity index (χ2n) is 4.55. The number of hydrogen-bond donors (Lipinski definition) is 2. The van der Waals surface area contributed by atoms with E-state index >= 15 is 0 Å².